The number of likely N-dealkylation sites (N-methyl/N-ethyl adjacent to an activating group) is 1. The lowest BCUT2D eigenvalue weighted by Crippen LogP contribution is -2.45. The summed E-state index contributed by atoms with van der Waals surface area (Å²) in [7, 11) is 1.67. The molecule has 2 atom stereocenters. The quantitative estimate of drug-likeness (QED) is 0.904. The Morgan fingerprint density at radius 3 is 2.74 bits per heavy atom. The second kappa shape index (κ2) is 7.27. The lowest BCUT2D eigenvalue weighted by Gasteiger charge is -2.26. The van der Waals surface area contributed by atoms with Crippen molar-refractivity contribution in [2.45, 2.75) is 18.9 Å². The summed E-state index contributed by atoms with van der Waals surface area (Å²) in [5, 5.41) is 3.16. The van der Waals surface area contributed by atoms with E-state index in [0.29, 0.717) is 25.2 Å². The minimum atomic E-state index is -0.493. The van der Waals surface area contributed by atoms with Crippen molar-refractivity contribution >= 4 is 29.9 Å². The molecule has 23 heavy (non-hydrogen) atoms. The number of amides is 2. The molecule has 0 aromatic heterocycles. The van der Waals surface area contributed by atoms with Gasteiger partial charge >= 0.3 is 0 Å². The summed E-state index contributed by atoms with van der Waals surface area (Å²) in [6, 6.07) is 5.75. The molecule has 0 saturated carbocycles. The molecular weight excluding hydrogens is 321 g/mol. The SMILES string of the molecule is CN(C(=O)C1CCNC1)C1CCN(c2ccccc2F)C1=O.Cl. The molecule has 0 aliphatic carbocycles. The molecule has 1 aromatic rings. The van der Waals surface area contributed by atoms with E-state index in [1.807, 2.05) is 0 Å². The van der Waals surface area contributed by atoms with E-state index in [1.54, 1.807) is 30.1 Å². The number of carbonyl (C=O) groups is 2. The number of rotatable bonds is 3. The van der Waals surface area contributed by atoms with E-state index in [-0.39, 0.29) is 30.1 Å². The molecule has 2 aliphatic rings. The van der Waals surface area contributed by atoms with Crippen LogP contribution in [0.15, 0.2) is 24.3 Å². The van der Waals surface area contributed by atoms with Crippen molar-refractivity contribution in [1.82, 2.24) is 10.2 Å². The molecule has 2 unspecified atom stereocenters. The molecule has 0 spiro atoms. The lowest BCUT2D eigenvalue weighted by atomic mass is 10.1. The number of carbonyl (C=O) groups excluding carboxylic acids is 2. The molecule has 5 nitrogen and oxygen atoms in total. The number of nitrogens with zero attached hydrogens (tertiary/aromatic N) is 2. The summed E-state index contributed by atoms with van der Waals surface area (Å²) >= 11 is 0. The van der Waals surface area contributed by atoms with Gasteiger partial charge in [-0.05, 0) is 31.5 Å². The zero-order valence-electron chi connectivity index (χ0n) is 13.0. The second-order valence-electron chi connectivity index (χ2n) is 5.88. The highest BCUT2D eigenvalue weighted by molar-refractivity contribution is 6.01. The van der Waals surface area contributed by atoms with E-state index in [1.165, 1.54) is 11.0 Å². The van der Waals surface area contributed by atoms with E-state index in [2.05, 4.69) is 5.32 Å². The van der Waals surface area contributed by atoms with Gasteiger partial charge < -0.3 is 15.1 Å². The minimum absolute atomic E-state index is 0. The molecule has 126 valence electrons. The zero-order chi connectivity index (χ0) is 15.7. The Labute approximate surface area is 141 Å². The molecule has 1 N–H and O–H groups in total. The van der Waals surface area contributed by atoms with Gasteiger partial charge in [0.25, 0.3) is 0 Å². The van der Waals surface area contributed by atoms with E-state index >= 15 is 0 Å². The Balaban J connectivity index is 0.00000192. The average Bonchev–Trinajstić information content (AvgIpc) is 3.16. The van der Waals surface area contributed by atoms with Gasteiger partial charge in [0, 0.05) is 20.1 Å². The van der Waals surface area contributed by atoms with Crippen LogP contribution in [0.2, 0.25) is 0 Å². The number of hydrogen-bond acceptors (Lipinski definition) is 3. The number of para-hydroxylation sites is 1. The van der Waals surface area contributed by atoms with Gasteiger partial charge in [-0.1, -0.05) is 12.1 Å². The number of anilines is 1. The number of benzene rings is 1. The summed E-state index contributed by atoms with van der Waals surface area (Å²) in [6.45, 7) is 1.94. The Kier molecular flexibility index (Phi) is 5.59. The van der Waals surface area contributed by atoms with Crippen molar-refractivity contribution in [3.63, 3.8) is 0 Å². The molecule has 7 heteroatoms. The molecule has 1 aromatic carbocycles. The van der Waals surface area contributed by atoms with E-state index < -0.39 is 11.9 Å². The number of hydrogen-bond donors (Lipinski definition) is 1. The van der Waals surface area contributed by atoms with E-state index in [4.69, 9.17) is 0 Å². The van der Waals surface area contributed by atoms with Crippen LogP contribution >= 0.6 is 12.4 Å². The average molecular weight is 342 g/mol. The van der Waals surface area contributed by atoms with Crippen LogP contribution in [-0.2, 0) is 9.59 Å². The van der Waals surface area contributed by atoms with Crippen molar-refractivity contribution in [2.75, 3.05) is 31.6 Å². The van der Waals surface area contributed by atoms with E-state index in [9.17, 15) is 14.0 Å². The van der Waals surface area contributed by atoms with Crippen molar-refractivity contribution in [1.29, 1.82) is 0 Å². The summed E-state index contributed by atoms with van der Waals surface area (Å²) < 4.78 is 13.9. The Hall–Kier alpha value is -1.66. The first-order chi connectivity index (χ1) is 10.6. The maximum Gasteiger partial charge on any atom is 0.249 e. The predicted molar refractivity (Wildman–Crippen MR) is 88.2 cm³/mol. The van der Waals surface area contributed by atoms with Gasteiger partial charge in [0.15, 0.2) is 0 Å². The molecule has 2 amide bonds. The summed E-state index contributed by atoms with van der Waals surface area (Å²) in [5.74, 6) is -0.670. The Morgan fingerprint density at radius 1 is 1.35 bits per heavy atom. The minimum Gasteiger partial charge on any atom is -0.333 e. The van der Waals surface area contributed by atoms with Crippen LogP contribution in [0.4, 0.5) is 10.1 Å². The zero-order valence-corrected chi connectivity index (χ0v) is 13.8. The van der Waals surface area contributed by atoms with Crippen LogP contribution in [-0.4, -0.2) is 49.4 Å². The number of nitrogens with one attached hydrogen (secondary N) is 1. The predicted octanol–water partition coefficient (Wildman–Crippen LogP) is 1.42. The highest BCUT2D eigenvalue weighted by atomic mass is 35.5. The molecule has 2 saturated heterocycles. The largest absolute Gasteiger partial charge is 0.333 e. The standard InChI is InChI=1S/C16H20FN3O2.ClH/c1-19(15(21)11-6-8-18-10-11)14-7-9-20(16(14)22)13-5-3-2-4-12(13)17;/h2-5,11,14,18H,6-10H2,1H3;1H. The van der Waals surface area contributed by atoms with Gasteiger partial charge in [-0.15, -0.1) is 12.4 Å². The molecule has 2 aliphatic heterocycles. The molecule has 0 radical (unpaired) electrons. The van der Waals surface area contributed by atoms with Crippen LogP contribution in [0.5, 0.6) is 0 Å². The topological polar surface area (TPSA) is 52.7 Å². The number of halogens is 2. The molecule has 3 rings (SSSR count). The normalized spacial score (nSPS) is 23.7. The Bertz CT molecular complexity index is 592. The summed E-state index contributed by atoms with van der Waals surface area (Å²) in [5.41, 5.74) is 0.290. The van der Waals surface area contributed by atoms with Crippen LogP contribution in [0.1, 0.15) is 12.8 Å². The van der Waals surface area contributed by atoms with Crippen molar-refractivity contribution in [3.05, 3.63) is 30.1 Å². The van der Waals surface area contributed by atoms with Crippen molar-refractivity contribution < 1.29 is 14.0 Å². The fourth-order valence-corrected chi connectivity index (χ4v) is 3.24. The van der Waals surface area contributed by atoms with Crippen LogP contribution < -0.4 is 10.2 Å². The maximum absolute atomic E-state index is 13.9. The molecule has 2 heterocycles. The van der Waals surface area contributed by atoms with Gasteiger partial charge in [0.05, 0.1) is 11.6 Å². The summed E-state index contributed by atoms with van der Waals surface area (Å²) in [6.07, 6.45) is 1.34. The third kappa shape index (κ3) is 3.33. The van der Waals surface area contributed by atoms with E-state index in [0.717, 1.165) is 13.0 Å². The first-order valence-electron chi connectivity index (χ1n) is 7.63. The van der Waals surface area contributed by atoms with Gasteiger partial charge in [0.2, 0.25) is 11.8 Å². The highest BCUT2D eigenvalue weighted by Crippen LogP contribution is 2.27. The van der Waals surface area contributed by atoms with Gasteiger partial charge in [-0.3, -0.25) is 9.59 Å². The third-order valence-corrected chi connectivity index (χ3v) is 4.55. The van der Waals surface area contributed by atoms with Crippen LogP contribution in [0, 0.1) is 11.7 Å². The van der Waals surface area contributed by atoms with Crippen LogP contribution in [0.25, 0.3) is 0 Å². The lowest BCUT2D eigenvalue weighted by molar-refractivity contribution is -0.139. The fraction of sp³-hybridized carbons (Fsp3) is 0.500. The first-order valence-corrected chi connectivity index (χ1v) is 7.63. The van der Waals surface area contributed by atoms with Crippen LogP contribution in [0.3, 0.4) is 0 Å². The fourth-order valence-electron chi connectivity index (χ4n) is 3.24. The molecule has 0 bridgehead atoms. The summed E-state index contributed by atoms with van der Waals surface area (Å²) in [4.78, 5) is 28.0. The second-order valence-corrected chi connectivity index (χ2v) is 5.88. The van der Waals surface area contributed by atoms with Gasteiger partial charge in [0.1, 0.15) is 11.9 Å². The van der Waals surface area contributed by atoms with Gasteiger partial charge in [-0.2, -0.15) is 0 Å². The Morgan fingerprint density at radius 2 is 2.09 bits per heavy atom. The molecular formula is C16H21ClFN3O2. The van der Waals surface area contributed by atoms with Crippen molar-refractivity contribution in [2.24, 2.45) is 5.92 Å². The monoisotopic (exact) mass is 341 g/mol. The highest BCUT2D eigenvalue weighted by Gasteiger charge is 2.39. The molecule has 2 fully saturated rings. The smallest absolute Gasteiger partial charge is 0.249 e. The third-order valence-electron chi connectivity index (χ3n) is 4.55. The first kappa shape index (κ1) is 17.7. The van der Waals surface area contributed by atoms with Crippen molar-refractivity contribution in [3.8, 4) is 0 Å². The maximum atomic E-state index is 13.9. The van der Waals surface area contributed by atoms with Gasteiger partial charge in [-0.25, -0.2) is 4.39 Å².